The van der Waals surface area contributed by atoms with Crippen LogP contribution in [0.5, 0.6) is 5.75 Å². The molecule has 72 valence electrons. The van der Waals surface area contributed by atoms with Crippen molar-refractivity contribution in [3.8, 4) is 17.6 Å². The van der Waals surface area contributed by atoms with Gasteiger partial charge < -0.3 is 9.84 Å². The van der Waals surface area contributed by atoms with Gasteiger partial charge in [-0.25, -0.2) is 0 Å². The molecule has 0 heterocycles. The van der Waals surface area contributed by atoms with Crippen molar-refractivity contribution in [2.24, 2.45) is 0 Å². The number of benzene rings is 1. The lowest BCUT2D eigenvalue weighted by Crippen LogP contribution is -2.00. The molecule has 2 nitrogen and oxygen atoms in total. The van der Waals surface area contributed by atoms with E-state index in [1.807, 2.05) is 24.3 Å². The molecule has 2 heteroatoms. The van der Waals surface area contributed by atoms with E-state index in [2.05, 4.69) is 11.8 Å². The molecule has 1 N–H and O–H groups in total. The summed E-state index contributed by atoms with van der Waals surface area (Å²) in [5.41, 5.74) is 0.214. The molecule has 0 aliphatic heterocycles. The number of methoxy groups -OCH3 is 1. The summed E-state index contributed by atoms with van der Waals surface area (Å²) in [7, 11) is 1.63. The van der Waals surface area contributed by atoms with Crippen molar-refractivity contribution in [1.29, 1.82) is 0 Å². The maximum atomic E-state index is 9.49. The molecule has 1 aliphatic rings. The fourth-order valence-electron chi connectivity index (χ4n) is 1.11. The second kappa shape index (κ2) is 3.36. The third-order valence-electron chi connectivity index (χ3n) is 2.25. The molecule has 1 aromatic carbocycles. The van der Waals surface area contributed by atoms with Gasteiger partial charge in [0.1, 0.15) is 11.4 Å². The van der Waals surface area contributed by atoms with Crippen molar-refractivity contribution in [3.63, 3.8) is 0 Å². The largest absolute Gasteiger partial charge is 0.497 e. The minimum atomic E-state index is -0.695. The van der Waals surface area contributed by atoms with Gasteiger partial charge in [-0.1, -0.05) is 11.8 Å². The van der Waals surface area contributed by atoms with E-state index < -0.39 is 5.60 Å². The van der Waals surface area contributed by atoms with E-state index in [4.69, 9.17) is 4.74 Å². The quantitative estimate of drug-likeness (QED) is 0.678. The average Bonchev–Trinajstić information content (AvgIpc) is 2.95. The van der Waals surface area contributed by atoms with Gasteiger partial charge in [-0.05, 0) is 37.1 Å². The summed E-state index contributed by atoms with van der Waals surface area (Å²) in [6.45, 7) is 0. The Morgan fingerprint density at radius 2 is 1.93 bits per heavy atom. The summed E-state index contributed by atoms with van der Waals surface area (Å²) in [4.78, 5) is 0. The number of hydrogen-bond donors (Lipinski definition) is 1. The van der Waals surface area contributed by atoms with E-state index in [-0.39, 0.29) is 0 Å². The predicted octanol–water partition coefficient (Wildman–Crippen LogP) is 1.57. The molecule has 0 unspecified atom stereocenters. The average molecular weight is 188 g/mol. The maximum Gasteiger partial charge on any atom is 0.126 e. The molecule has 14 heavy (non-hydrogen) atoms. The zero-order chi connectivity index (χ0) is 10.0. The van der Waals surface area contributed by atoms with Crippen molar-refractivity contribution < 1.29 is 9.84 Å². The predicted molar refractivity (Wildman–Crippen MR) is 54.1 cm³/mol. The number of aliphatic hydroxyl groups is 1. The first-order valence-electron chi connectivity index (χ1n) is 4.61. The van der Waals surface area contributed by atoms with Gasteiger partial charge >= 0.3 is 0 Å². The molecular formula is C12H12O2. The van der Waals surface area contributed by atoms with Crippen molar-refractivity contribution in [1.82, 2.24) is 0 Å². The summed E-state index contributed by atoms with van der Waals surface area (Å²) in [5, 5.41) is 9.49. The first-order chi connectivity index (χ1) is 6.72. The molecule has 1 aliphatic carbocycles. The van der Waals surface area contributed by atoms with Gasteiger partial charge in [0.15, 0.2) is 0 Å². The molecule has 1 fully saturated rings. The van der Waals surface area contributed by atoms with E-state index in [9.17, 15) is 5.11 Å². The van der Waals surface area contributed by atoms with E-state index in [0.29, 0.717) is 0 Å². The summed E-state index contributed by atoms with van der Waals surface area (Å²) in [6.07, 6.45) is 1.60. The highest BCUT2D eigenvalue weighted by atomic mass is 16.5. The molecule has 0 spiro atoms. The molecule has 1 aromatic rings. The standard InChI is InChI=1S/C12H12O2/c1-14-11-4-2-10(3-5-11)6-7-12(13)8-9-12/h2-5,13H,8-9H2,1H3. The normalized spacial score (nSPS) is 16.7. The maximum absolute atomic E-state index is 9.49. The van der Waals surface area contributed by atoms with Crippen LogP contribution in [0.1, 0.15) is 18.4 Å². The van der Waals surface area contributed by atoms with Gasteiger partial charge in [0.25, 0.3) is 0 Å². The Hall–Kier alpha value is -1.46. The lowest BCUT2D eigenvalue weighted by Gasteiger charge is -1.98. The summed E-state index contributed by atoms with van der Waals surface area (Å²) >= 11 is 0. The topological polar surface area (TPSA) is 29.5 Å². The van der Waals surface area contributed by atoms with Crippen LogP contribution in [0.4, 0.5) is 0 Å². The molecular weight excluding hydrogens is 176 g/mol. The molecule has 1 saturated carbocycles. The van der Waals surface area contributed by atoms with E-state index >= 15 is 0 Å². The zero-order valence-corrected chi connectivity index (χ0v) is 8.08. The number of hydrogen-bond acceptors (Lipinski definition) is 2. The Morgan fingerprint density at radius 3 is 2.43 bits per heavy atom. The van der Waals surface area contributed by atoms with Gasteiger partial charge in [-0.3, -0.25) is 0 Å². The van der Waals surface area contributed by atoms with Crippen LogP contribution in [0.15, 0.2) is 24.3 Å². The van der Waals surface area contributed by atoms with Gasteiger partial charge in [0.2, 0.25) is 0 Å². The minimum Gasteiger partial charge on any atom is -0.497 e. The first-order valence-corrected chi connectivity index (χ1v) is 4.61. The van der Waals surface area contributed by atoms with Gasteiger partial charge in [0.05, 0.1) is 7.11 Å². The smallest absolute Gasteiger partial charge is 0.126 e. The third-order valence-corrected chi connectivity index (χ3v) is 2.25. The second-order valence-electron chi connectivity index (χ2n) is 3.51. The number of rotatable bonds is 1. The fraction of sp³-hybridized carbons (Fsp3) is 0.333. The highest BCUT2D eigenvalue weighted by molar-refractivity contribution is 5.40. The Bertz CT molecular complexity index is 377. The Labute approximate surface area is 83.5 Å². The van der Waals surface area contributed by atoms with E-state index in [0.717, 1.165) is 24.2 Å². The van der Waals surface area contributed by atoms with Crippen LogP contribution in [0, 0.1) is 11.8 Å². The van der Waals surface area contributed by atoms with Crippen LogP contribution in [-0.4, -0.2) is 17.8 Å². The lowest BCUT2D eigenvalue weighted by molar-refractivity contribution is 0.212. The van der Waals surface area contributed by atoms with Crippen molar-refractivity contribution >= 4 is 0 Å². The molecule has 0 saturated heterocycles. The molecule has 0 amide bonds. The summed E-state index contributed by atoms with van der Waals surface area (Å²) in [6, 6.07) is 7.50. The van der Waals surface area contributed by atoms with E-state index in [1.54, 1.807) is 7.11 Å². The SMILES string of the molecule is COc1ccc(C#CC2(O)CC2)cc1. The molecule has 0 aromatic heterocycles. The minimum absolute atomic E-state index is 0.695. The lowest BCUT2D eigenvalue weighted by atomic mass is 10.2. The molecule has 2 rings (SSSR count). The second-order valence-corrected chi connectivity index (χ2v) is 3.51. The molecule has 0 atom stereocenters. The van der Waals surface area contributed by atoms with Crippen LogP contribution >= 0.6 is 0 Å². The molecule has 0 radical (unpaired) electrons. The first kappa shape index (κ1) is 9.11. The number of ether oxygens (including phenoxy) is 1. The highest BCUT2D eigenvalue weighted by Crippen LogP contribution is 2.33. The van der Waals surface area contributed by atoms with Crippen LogP contribution in [-0.2, 0) is 0 Å². The van der Waals surface area contributed by atoms with Gasteiger partial charge in [0, 0.05) is 5.56 Å². The zero-order valence-electron chi connectivity index (χ0n) is 8.08. The fourth-order valence-corrected chi connectivity index (χ4v) is 1.11. The van der Waals surface area contributed by atoms with Gasteiger partial charge in [-0.15, -0.1) is 0 Å². The van der Waals surface area contributed by atoms with E-state index in [1.165, 1.54) is 0 Å². The van der Waals surface area contributed by atoms with Crippen molar-refractivity contribution in [2.75, 3.05) is 7.11 Å². The monoisotopic (exact) mass is 188 g/mol. The third kappa shape index (κ3) is 2.07. The van der Waals surface area contributed by atoms with Gasteiger partial charge in [-0.2, -0.15) is 0 Å². The summed E-state index contributed by atoms with van der Waals surface area (Å²) < 4.78 is 5.03. The summed E-state index contributed by atoms with van der Waals surface area (Å²) in [5.74, 6) is 6.61. The van der Waals surface area contributed by atoms with Crippen LogP contribution in [0.2, 0.25) is 0 Å². The van der Waals surface area contributed by atoms with Crippen LogP contribution in [0.25, 0.3) is 0 Å². The Balaban J connectivity index is 2.12. The van der Waals surface area contributed by atoms with Crippen LogP contribution < -0.4 is 4.74 Å². The van der Waals surface area contributed by atoms with Crippen molar-refractivity contribution in [2.45, 2.75) is 18.4 Å². The highest BCUT2D eigenvalue weighted by Gasteiger charge is 2.38. The Morgan fingerprint density at radius 1 is 1.29 bits per heavy atom. The van der Waals surface area contributed by atoms with Crippen LogP contribution in [0.3, 0.4) is 0 Å². The Kier molecular flexibility index (Phi) is 2.18. The molecule has 0 bridgehead atoms. The van der Waals surface area contributed by atoms with Crippen molar-refractivity contribution in [3.05, 3.63) is 29.8 Å².